The van der Waals surface area contributed by atoms with Crippen LogP contribution in [-0.2, 0) is 0 Å². The molecule has 0 amide bonds. The number of benzene rings is 2. The van der Waals surface area contributed by atoms with Crippen molar-refractivity contribution in [2.75, 3.05) is 11.1 Å². The first-order valence-electron chi connectivity index (χ1n) is 7.41. The topological polar surface area (TPSA) is 92.5 Å². The summed E-state index contributed by atoms with van der Waals surface area (Å²) in [5.41, 5.74) is 7.59. The van der Waals surface area contributed by atoms with E-state index in [9.17, 15) is 8.78 Å². The molecule has 0 unspecified atom stereocenters. The van der Waals surface area contributed by atoms with Gasteiger partial charge >= 0.3 is 0 Å². The van der Waals surface area contributed by atoms with E-state index in [4.69, 9.17) is 5.73 Å². The number of nitrogens with one attached hydrogen (secondary N) is 2. The molecule has 2 aromatic carbocycles. The molecule has 4 aromatic rings. The van der Waals surface area contributed by atoms with Gasteiger partial charge in [0.2, 0.25) is 0 Å². The Morgan fingerprint density at radius 2 is 1.76 bits per heavy atom. The van der Waals surface area contributed by atoms with Gasteiger partial charge in [0.15, 0.2) is 23.1 Å². The van der Waals surface area contributed by atoms with E-state index >= 15 is 0 Å². The van der Waals surface area contributed by atoms with Crippen molar-refractivity contribution in [3.8, 4) is 11.4 Å². The van der Waals surface area contributed by atoms with Crippen molar-refractivity contribution < 1.29 is 8.78 Å². The largest absolute Gasteiger partial charge is 0.383 e. The molecule has 4 N–H and O–H groups in total. The van der Waals surface area contributed by atoms with Gasteiger partial charge in [0, 0.05) is 17.3 Å². The molecule has 0 aliphatic heterocycles. The van der Waals surface area contributed by atoms with E-state index in [-0.39, 0.29) is 5.82 Å². The Kier molecular flexibility index (Phi) is 3.50. The van der Waals surface area contributed by atoms with E-state index in [1.54, 1.807) is 0 Å². The minimum Gasteiger partial charge on any atom is -0.383 e. The Hall–Kier alpha value is -3.55. The Morgan fingerprint density at radius 3 is 2.52 bits per heavy atom. The maximum atomic E-state index is 13.4. The summed E-state index contributed by atoms with van der Waals surface area (Å²) in [7, 11) is 0. The van der Waals surface area contributed by atoms with Crippen LogP contribution in [0, 0.1) is 11.6 Å². The fourth-order valence-electron chi connectivity index (χ4n) is 2.48. The number of aromatic amines is 1. The van der Waals surface area contributed by atoms with Crippen LogP contribution in [0.3, 0.4) is 0 Å². The van der Waals surface area contributed by atoms with E-state index in [1.807, 2.05) is 30.3 Å². The van der Waals surface area contributed by atoms with Gasteiger partial charge in [-0.3, -0.25) is 5.10 Å². The van der Waals surface area contributed by atoms with E-state index in [2.05, 4.69) is 25.5 Å². The molecule has 0 saturated heterocycles. The number of H-pyrrole nitrogens is 1. The zero-order valence-corrected chi connectivity index (χ0v) is 12.8. The van der Waals surface area contributed by atoms with Crippen molar-refractivity contribution >= 4 is 28.4 Å². The Bertz CT molecular complexity index is 1060. The summed E-state index contributed by atoms with van der Waals surface area (Å²) >= 11 is 0. The van der Waals surface area contributed by atoms with Crippen LogP contribution in [0.25, 0.3) is 22.4 Å². The summed E-state index contributed by atoms with van der Waals surface area (Å²) < 4.78 is 26.4. The molecule has 0 radical (unpaired) electrons. The van der Waals surface area contributed by atoms with Crippen molar-refractivity contribution in [2.45, 2.75) is 0 Å². The summed E-state index contributed by atoms with van der Waals surface area (Å²) in [6, 6.07) is 12.9. The molecule has 8 heteroatoms. The standard InChI is InChI=1S/C17H12F2N6/c18-11-7-6-10(8-12(11)19)21-16-13-14(20)22-15(23-17(13)25-24-16)9-4-2-1-3-5-9/h1-8H,(H4,20,21,22,23,24,25). The van der Waals surface area contributed by atoms with E-state index in [0.717, 1.165) is 17.7 Å². The van der Waals surface area contributed by atoms with Gasteiger partial charge in [0.25, 0.3) is 0 Å². The van der Waals surface area contributed by atoms with Crippen LogP contribution >= 0.6 is 0 Å². The Labute approximate surface area is 140 Å². The van der Waals surface area contributed by atoms with Crippen LogP contribution in [0.2, 0.25) is 0 Å². The van der Waals surface area contributed by atoms with Crippen molar-refractivity contribution in [1.29, 1.82) is 0 Å². The van der Waals surface area contributed by atoms with Gasteiger partial charge in [-0.05, 0) is 12.1 Å². The molecular formula is C17H12F2N6. The molecule has 6 nitrogen and oxygen atoms in total. The van der Waals surface area contributed by atoms with Crippen LogP contribution in [0.15, 0.2) is 48.5 Å². The number of halogens is 2. The molecule has 0 saturated carbocycles. The molecule has 0 spiro atoms. The maximum Gasteiger partial charge on any atom is 0.188 e. The first kappa shape index (κ1) is 15.0. The third kappa shape index (κ3) is 2.74. The zero-order chi connectivity index (χ0) is 17.4. The van der Waals surface area contributed by atoms with Gasteiger partial charge in [0.1, 0.15) is 17.0 Å². The fraction of sp³-hybridized carbons (Fsp3) is 0. The molecule has 124 valence electrons. The molecule has 0 aliphatic carbocycles. The van der Waals surface area contributed by atoms with Crippen LogP contribution in [0.1, 0.15) is 0 Å². The second kappa shape index (κ2) is 5.82. The third-order valence-electron chi connectivity index (χ3n) is 3.66. The van der Waals surface area contributed by atoms with E-state index in [1.165, 1.54) is 6.07 Å². The average Bonchev–Trinajstić information content (AvgIpc) is 3.02. The Morgan fingerprint density at radius 1 is 0.960 bits per heavy atom. The summed E-state index contributed by atoms with van der Waals surface area (Å²) in [6.45, 7) is 0. The predicted molar refractivity (Wildman–Crippen MR) is 91.2 cm³/mol. The molecule has 2 aromatic heterocycles. The van der Waals surface area contributed by atoms with Gasteiger partial charge < -0.3 is 11.1 Å². The van der Waals surface area contributed by atoms with Gasteiger partial charge in [-0.15, -0.1) is 0 Å². The normalized spacial score (nSPS) is 11.0. The molecule has 4 rings (SSSR count). The number of rotatable bonds is 3. The lowest BCUT2D eigenvalue weighted by molar-refractivity contribution is 0.509. The quantitative estimate of drug-likeness (QED) is 0.530. The number of hydrogen-bond donors (Lipinski definition) is 3. The monoisotopic (exact) mass is 338 g/mol. The zero-order valence-electron chi connectivity index (χ0n) is 12.8. The summed E-state index contributed by atoms with van der Waals surface area (Å²) in [6.07, 6.45) is 0. The first-order valence-corrected chi connectivity index (χ1v) is 7.41. The van der Waals surface area contributed by atoms with Gasteiger partial charge in [-0.2, -0.15) is 5.10 Å². The highest BCUT2D eigenvalue weighted by Gasteiger charge is 2.15. The summed E-state index contributed by atoms with van der Waals surface area (Å²) in [5, 5.41) is 10.3. The van der Waals surface area contributed by atoms with Gasteiger partial charge in [0.05, 0.1) is 0 Å². The SMILES string of the molecule is Nc1nc(-c2ccccc2)nc2n[nH]c(Nc3ccc(F)c(F)c3)c12. The molecule has 0 bridgehead atoms. The molecular weight excluding hydrogens is 326 g/mol. The smallest absolute Gasteiger partial charge is 0.188 e. The maximum absolute atomic E-state index is 13.4. The summed E-state index contributed by atoms with van der Waals surface area (Å²) in [5.74, 6) is -0.794. The number of fused-ring (bicyclic) bond motifs is 1. The average molecular weight is 338 g/mol. The highest BCUT2D eigenvalue weighted by atomic mass is 19.2. The van der Waals surface area contributed by atoms with Gasteiger partial charge in [-0.1, -0.05) is 30.3 Å². The third-order valence-corrected chi connectivity index (χ3v) is 3.66. The highest BCUT2D eigenvalue weighted by molar-refractivity contribution is 5.97. The predicted octanol–water partition coefficient (Wildman–Crippen LogP) is 3.62. The molecule has 0 fully saturated rings. The lowest BCUT2D eigenvalue weighted by atomic mass is 10.2. The second-order valence-electron chi connectivity index (χ2n) is 5.35. The lowest BCUT2D eigenvalue weighted by Gasteiger charge is -2.06. The minimum absolute atomic E-state index is 0.225. The number of aromatic nitrogens is 4. The number of hydrogen-bond acceptors (Lipinski definition) is 5. The number of nitrogens with two attached hydrogens (primary N) is 1. The van der Waals surface area contributed by atoms with E-state index < -0.39 is 11.6 Å². The van der Waals surface area contributed by atoms with Crippen LogP contribution < -0.4 is 11.1 Å². The fourth-order valence-corrected chi connectivity index (χ4v) is 2.48. The molecule has 0 atom stereocenters. The lowest BCUT2D eigenvalue weighted by Crippen LogP contribution is -1.99. The second-order valence-corrected chi connectivity index (χ2v) is 5.35. The van der Waals surface area contributed by atoms with Crippen LogP contribution in [-0.4, -0.2) is 20.2 Å². The first-order chi connectivity index (χ1) is 12.1. The van der Waals surface area contributed by atoms with Crippen molar-refractivity contribution in [3.63, 3.8) is 0 Å². The van der Waals surface area contributed by atoms with Crippen molar-refractivity contribution in [1.82, 2.24) is 20.2 Å². The highest BCUT2D eigenvalue weighted by Crippen LogP contribution is 2.29. The number of nitrogen functional groups attached to an aromatic ring is 1. The van der Waals surface area contributed by atoms with Crippen molar-refractivity contribution in [3.05, 3.63) is 60.2 Å². The molecule has 25 heavy (non-hydrogen) atoms. The van der Waals surface area contributed by atoms with E-state index in [0.29, 0.717) is 28.4 Å². The summed E-state index contributed by atoms with van der Waals surface area (Å²) in [4.78, 5) is 8.70. The number of nitrogens with zero attached hydrogens (tertiary/aromatic N) is 3. The molecule has 0 aliphatic rings. The number of anilines is 3. The van der Waals surface area contributed by atoms with Crippen LogP contribution in [0.5, 0.6) is 0 Å². The van der Waals surface area contributed by atoms with Crippen molar-refractivity contribution in [2.24, 2.45) is 0 Å². The van der Waals surface area contributed by atoms with Gasteiger partial charge in [-0.25, -0.2) is 18.7 Å². The van der Waals surface area contributed by atoms with Crippen LogP contribution in [0.4, 0.5) is 26.1 Å². The Balaban J connectivity index is 1.75. The minimum atomic E-state index is -0.954. The molecule has 2 heterocycles.